The predicted octanol–water partition coefficient (Wildman–Crippen LogP) is 0.902. The number of hydrogen-bond acceptors (Lipinski definition) is 8. The fourth-order valence-corrected chi connectivity index (χ4v) is 3.38. The van der Waals surface area contributed by atoms with Gasteiger partial charge in [-0.1, -0.05) is 18.2 Å². The first-order chi connectivity index (χ1) is 12.2. The Labute approximate surface area is 188 Å². The maximum absolute atomic E-state index is 12.4. The molecular weight excluding hydrogens is 404 g/mol. The van der Waals surface area contributed by atoms with Crippen LogP contribution in [-0.2, 0) is 15.6 Å². The van der Waals surface area contributed by atoms with E-state index in [9.17, 15) is 18.0 Å². The summed E-state index contributed by atoms with van der Waals surface area (Å²) in [7, 11) is -1.86. The summed E-state index contributed by atoms with van der Waals surface area (Å²) in [6.45, 7) is 1.53. The Balaban J connectivity index is 0. The van der Waals surface area contributed by atoms with Gasteiger partial charge in [0, 0.05) is 7.05 Å². The Morgan fingerprint density at radius 2 is 1.85 bits per heavy atom. The predicted molar refractivity (Wildman–Crippen MR) is 98.9 cm³/mol. The number of rotatable bonds is 5. The minimum Gasteiger partial charge on any atom is -1.00 e. The van der Waals surface area contributed by atoms with Crippen LogP contribution in [-0.4, -0.2) is 91.6 Å². The van der Waals surface area contributed by atoms with Gasteiger partial charge in [0.1, 0.15) is 5.82 Å². The van der Waals surface area contributed by atoms with Gasteiger partial charge in [-0.25, -0.2) is 13.2 Å². The van der Waals surface area contributed by atoms with Crippen molar-refractivity contribution < 1.29 is 30.7 Å². The van der Waals surface area contributed by atoms with Crippen molar-refractivity contribution >= 4 is 64.7 Å². The van der Waals surface area contributed by atoms with E-state index in [1.165, 1.54) is 45.3 Å². The van der Waals surface area contributed by atoms with E-state index in [1.807, 2.05) is 0 Å². The number of aromatic carboxylic acids is 1. The van der Waals surface area contributed by atoms with Gasteiger partial charge in [0.15, 0.2) is 0 Å². The summed E-state index contributed by atoms with van der Waals surface area (Å²) in [4.78, 5) is 36.0. The van der Waals surface area contributed by atoms with Crippen LogP contribution in [0.25, 0.3) is 0 Å². The molecule has 0 aliphatic heterocycles. The minimum absolute atomic E-state index is 0. The molecule has 0 atom stereocenters. The fourth-order valence-electron chi connectivity index (χ4n) is 2.10. The number of carbonyl (C=O) groups is 2. The zero-order chi connectivity index (χ0) is 19.5. The first kappa shape index (κ1) is 23.2. The molecule has 1 amide bonds. The van der Waals surface area contributed by atoms with Crippen LogP contribution in [0, 0.1) is 6.92 Å². The molecule has 1 aromatic carbocycles. The van der Waals surface area contributed by atoms with Crippen LogP contribution in [0.4, 0.5) is 10.7 Å². The average molecular weight is 422 g/mol. The van der Waals surface area contributed by atoms with Gasteiger partial charge in [0.2, 0.25) is 15.8 Å². The molecule has 142 valence electrons. The van der Waals surface area contributed by atoms with Crippen molar-refractivity contribution in [2.24, 2.45) is 0 Å². The number of nitrogens with zero attached hydrogens (tertiary/aromatic N) is 4. The number of carboxylic acid groups (broad SMARTS) is 1. The van der Waals surface area contributed by atoms with E-state index < -0.39 is 26.8 Å². The van der Waals surface area contributed by atoms with Crippen molar-refractivity contribution in [1.82, 2.24) is 15.0 Å². The second-order valence-electron chi connectivity index (χ2n) is 5.22. The van der Waals surface area contributed by atoms with E-state index in [-0.39, 0.29) is 69.5 Å². The van der Waals surface area contributed by atoms with Crippen LogP contribution in [0.2, 0.25) is 0 Å². The molecule has 0 saturated carbocycles. The zero-order valence-corrected chi connectivity index (χ0v) is 17.9. The standard InChI is InChI=1S/C15H16N4O6S.Ca.2H/c1-9-16-13(18-14(17-9)25-3)19(2)15(22)26(23,24)8-10-6-4-5-7-11(10)12(20)21;;;/h4-7H,8H2,1-3H3,(H,20,21);;;/q;+2;2*-1. The van der Waals surface area contributed by atoms with Crippen molar-refractivity contribution in [3.8, 4) is 6.01 Å². The SMILES string of the molecule is COc1nc(C)nc(N(C)C(=O)S(=O)(=O)Cc2ccccc2C(=O)O)n1.[Ca+2].[H-].[H-]. The number of amides is 1. The normalized spacial score (nSPS) is 10.6. The number of hydrogen-bond donors (Lipinski definition) is 1. The number of sulfone groups is 1. The first-order valence-corrected chi connectivity index (χ1v) is 8.89. The molecule has 0 aliphatic rings. The zero-order valence-electron chi connectivity index (χ0n) is 16.9. The number of aryl methyl sites for hydroxylation is 1. The van der Waals surface area contributed by atoms with E-state index in [1.54, 1.807) is 0 Å². The number of methoxy groups -OCH3 is 1. The molecule has 2 aromatic rings. The Hall–Kier alpha value is -1.82. The number of carboxylic acids is 1. The van der Waals surface area contributed by atoms with E-state index in [4.69, 9.17) is 9.84 Å². The summed E-state index contributed by atoms with van der Waals surface area (Å²) >= 11 is 0. The van der Waals surface area contributed by atoms with E-state index in [0.29, 0.717) is 0 Å². The van der Waals surface area contributed by atoms with Crippen molar-refractivity contribution in [3.63, 3.8) is 0 Å². The molecule has 12 heteroatoms. The molecule has 0 fully saturated rings. The molecule has 0 radical (unpaired) electrons. The van der Waals surface area contributed by atoms with Crippen molar-refractivity contribution in [2.75, 3.05) is 19.1 Å². The Kier molecular flexibility index (Phi) is 8.08. The summed E-state index contributed by atoms with van der Waals surface area (Å²) in [6, 6.07) is 5.49. The average Bonchev–Trinajstić information content (AvgIpc) is 2.59. The molecule has 0 spiro atoms. The van der Waals surface area contributed by atoms with Crippen molar-refractivity contribution in [3.05, 3.63) is 41.2 Å². The summed E-state index contributed by atoms with van der Waals surface area (Å²) in [6.07, 6.45) is 0. The van der Waals surface area contributed by atoms with Gasteiger partial charge in [-0.15, -0.1) is 0 Å². The molecule has 10 nitrogen and oxygen atoms in total. The van der Waals surface area contributed by atoms with Gasteiger partial charge >= 0.3 is 55.0 Å². The largest absolute Gasteiger partial charge is 2.00 e. The third-order valence-corrected chi connectivity index (χ3v) is 4.83. The van der Waals surface area contributed by atoms with Gasteiger partial charge < -0.3 is 12.7 Å². The topological polar surface area (TPSA) is 140 Å². The van der Waals surface area contributed by atoms with Gasteiger partial charge in [-0.05, 0) is 18.6 Å². The van der Waals surface area contributed by atoms with Gasteiger partial charge in [-0.2, -0.15) is 15.0 Å². The van der Waals surface area contributed by atoms with Gasteiger partial charge in [0.25, 0.3) is 0 Å². The minimum atomic E-state index is -4.37. The monoisotopic (exact) mass is 422 g/mol. The second-order valence-corrected chi connectivity index (χ2v) is 7.08. The molecule has 0 unspecified atom stereocenters. The van der Waals surface area contributed by atoms with E-state index in [2.05, 4.69) is 15.0 Å². The van der Waals surface area contributed by atoms with Crippen LogP contribution in [0.1, 0.15) is 24.6 Å². The van der Waals surface area contributed by atoms with Crippen molar-refractivity contribution in [1.29, 1.82) is 0 Å². The molecule has 1 aromatic heterocycles. The molecular formula is C15H18CaN4O6S. The van der Waals surface area contributed by atoms with Crippen LogP contribution in [0.15, 0.2) is 24.3 Å². The van der Waals surface area contributed by atoms with Gasteiger partial charge in [0.05, 0.1) is 18.4 Å². The van der Waals surface area contributed by atoms with E-state index in [0.717, 1.165) is 4.90 Å². The number of aromatic nitrogens is 3. The van der Waals surface area contributed by atoms with Crippen LogP contribution in [0.5, 0.6) is 6.01 Å². The first-order valence-electron chi connectivity index (χ1n) is 7.24. The second kappa shape index (κ2) is 9.40. The molecule has 0 bridgehead atoms. The van der Waals surface area contributed by atoms with Crippen LogP contribution >= 0.6 is 0 Å². The summed E-state index contributed by atoms with van der Waals surface area (Å²) in [5.74, 6) is -2.01. The molecule has 0 saturated heterocycles. The Bertz CT molecular complexity index is 977. The summed E-state index contributed by atoms with van der Waals surface area (Å²) in [5, 5.41) is 7.87. The maximum Gasteiger partial charge on any atom is 2.00 e. The van der Waals surface area contributed by atoms with E-state index >= 15 is 0 Å². The number of benzene rings is 1. The number of carbonyl (C=O) groups excluding carboxylic acids is 1. The van der Waals surface area contributed by atoms with Crippen LogP contribution in [0.3, 0.4) is 0 Å². The third-order valence-electron chi connectivity index (χ3n) is 3.33. The number of ether oxygens (including phenoxy) is 1. The molecule has 2 rings (SSSR count). The summed E-state index contributed by atoms with van der Waals surface area (Å²) < 4.78 is 29.8. The Morgan fingerprint density at radius 3 is 2.44 bits per heavy atom. The Morgan fingerprint density at radius 1 is 1.22 bits per heavy atom. The maximum atomic E-state index is 12.4. The molecule has 1 N–H and O–H groups in total. The molecule has 1 heterocycles. The fraction of sp³-hybridized carbons (Fsp3) is 0.267. The quantitative estimate of drug-likeness (QED) is 0.696. The smallest absolute Gasteiger partial charge is 1.00 e. The molecule has 27 heavy (non-hydrogen) atoms. The van der Waals surface area contributed by atoms with Crippen molar-refractivity contribution in [2.45, 2.75) is 12.7 Å². The third kappa shape index (κ3) is 5.58. The molecule has 0 aliphatic carbocycles. The summed E-state index contributed by atoms with van der Waals surface area (Å²) in [5.41, 5.74) is -0.185. The van der Waals surface area contributed by atoms with Gasteiger partial charge in [-0.3, -0.25) is 9.69 Å². The van der Waals surface area contributed by atoms with Crippen LogP contribution < -0.4 is 9.64 Å². The number of anilines is 1.